The van der Waals surface area contributed by atoms with Crippen molar-refractivity contribution in [3.05, 3.63) is 263 Å². The molecule has 0 bridgehead atoms. The molecule has 2 heterocycles. The van der Waals surface area contributed by atoms with E-state index in [1.54, 1.807) is 78.9 Å². The highest BCUT2D eigenvalue weighted by Crippen LogP contribution is 2.46. The molecule has 0 unspecified atom stereocenters. The fourth-order valence-corrected chi connectivity index (χ4v) is 11.5. The topological polar surface area (TPSA) is 129 Å². The molecule has 0 aliphatic rings. The Balaban J connectivity index is 1.12. The Morgan fingerprint density at radius 1 is 0.244 bits per heavy atom. The maximum absolute atomic E-state index is 14.7. The molecule has 0 spiro atoms. The molecule has 0 saturated heterocycles. The van der Waals surface area contributed by atoms with Crippen LogP contribution in [-0.4, -0.2) is 9.13 Å². The molecule has 13 heteroatoms. The summed E-state index contributed by atoms with van der Waals surface area (Å²) < 4.78 is 92.1. The monoisotopic (exact) mass is 1130 g/mol. The highest BCUT2D eigenvalue weighted by molar-refractivity contribution is 6.14. The van der Waals surface area contributed by atoms with Gasteiger partial charge in [-0.05, 0) is 195 Å². The number of nitrogens with zero attached hydrogens (tertiary/aromatic N) is 7. The summed E-state index contributed by atoms with van der Waals surface area (Å²) in [5.41, 5.74) is 10.2. The Labute approximate surface area is 487 Å². The lowest BCUT2D eigenvalue weighted by Crippen LogP contribution is -2.11. The smallest absolute Gasteiger partial charge is 0.309 e. The first kappa shape index (κ1) is 53.4. The normalized spacial score (nSPS) is 11.5. The molecule has 0 aliphatic carbocycles. The second-order valence-corrected chi connectivity index (χ2v) is 20.7. The number of rotatable bonds is 8. The van der Waals surface area contributed by atoms with Gasteiger partial charge in [0, 0.05) is 32.7 Å². The van der Waals surface area contributed by atoms with Gasteiger partial charge < -0.3 is 9.13 Å². The quantitative estimate of drug-likeness (QED) is 0.140. The van der Waals surface area contributed by atoms with E-state index in [1.165, 1.54) is 6.07 Å². The van der Waals surface area contributed by atoms with E-state index in [0.29, 0.717) is 79.0 Å². The molecular weight excluding hydrogens is 1090 g/mol. The van der Waals surface area contributed by atoms with Gasteiger partial charge in [0.15, 0.2) is 0 Å². The van der Waals surface area contributed by atoms with Crippen LogP contribution >= 0.6 is 0 Å². The van der Waals surface area contributed by atoms with Gasteiger partial charge in [0.25, 0.3) is 0 Å². The van der Waals surface area contributed by atoms with Crippen LogP contribution in [0.2, 0.25) is 0 Å². The summed E-state index contributed by atoms with van der Waals surface area (Å²) in [6.45, 7) is 0. The third-order valence-electron chi connectivity index (χ3n) is 15.7. The summed E-state index contributed by atoms with van der Waals surface area (Å²) in [5.74, 6) is 0. The van der Waals surface area contributed by atoms with Gasteiger partial charge in [0.05, 0.1) is 103 Å². The Morgan fingerprint density at radius 3 is 0.860 bits per heavy atom. The van der Waals surface area contributed by atoms with Gasteiger partial charge in [-0.25, -0.2) is 0 Å². The lowest BCUT2D eigenvalue weighted by molar-refractivity contribution is -0.143. The number of hydrogen-bond donors (Lipinski definition) is 0. The van der Waals surface area contributed by atoms with E-state index in [9.17, 15) is 52.7 Å². The van der Waals surface area contributed by atoms with Crippen LogP contribution in [0, 0.1) is 56.7 Å². The number of fused-ring (bicyclic) bond motifs is 6. The molecule has 406 valence electrons. The van der Waals surface area contributed by atoms with Crippen LogP contribution in [0.4, 0.5) is 26.3 Å². The van der Waals surface area contributed by atoms with E-state index in [1.807, 2.05) is 130 Å². The predicted octanol–water partition coefficient (Wildman–Crippen LogP) is 19.3. The molecule has 86 heavy (non-hydrogen) atoms. The van der Waals surface area contributed by atoms with Gasteiger partial charge in [-0.3, -0.25) is 0 Å². The van der Waals surface area contributed by atoms with Crippen LogP contribution in [0.3, 0.4) is 0 Å². The van der Waals surface area contributed by atoms with Crippen LogP contribution in [0.5, 0.6) is 0 Å². The fraction of sp³-hybridized carbons (Fsp3) is 0.0274. The van der Waals surface area contributed by atoms with Crippen molar-refractivity contribution in [2.45, 2.75) is 12.4 Å². The molecule has 7 nitrogen and oxygen atoms in total. The van der Waals surface area contributed by atoms with E-state index >= 15 is 0 Å². The van der Waals surface area contributed by atoms with Crippen molar-refractivity contribution in [1.29, 1.82) is 26.3 Å². The summed E-state index contributed by atoms with van der Waals surface area (Å²) >= 11 is 0. The lowest BCUT2D eigenvalue weighted by Gasteiger charge is -2.21. The third kappa shape index (κ3) is 9.46. The minimum Gasteiger partial charge on any atom is -0.309 e. The largest absolute Gasteiger partial charge is 0.416 e. The van der Waals surface area contributed by atoms with Crippen molar-refractivity contribution < 1.29 is 26.3 Å². The van der Waals surface area contributed by atoms with Gasteiger partial charge in [-0.2, -0.15) is 52.7 Å². The van der Waals surface area contributed by atoms with Crippen molar-refractivity contribution in [3.63, 3.8) is 0 Å². The first-order valence-corrected chi connectivity index (χ1v) is 26.8. The zero-order valence-corrected chi connectivity index (χ0v) is 44.8. The van der Waals surface area contributed by atoms with Crippen LogP contribution in [-0.2, 0) is 12.4 Å². The van der Waals surface area contributed by atoms with Crippen molar-refractivity contribution in [3.8, 4) is 108 Å². The van der Waals surface area contributed by atoms with Crippen LogP contribution in [0.1, 0.15) is 38.9 Å². The molecule has 0 amide bonds. The van der Waals surface area contributed by atoms with Gasteiger partial charge in [-0.15, -0.1) is 0 Å². The van der Waals surface area contributed by atoms with E-state index in [0.717, 1.165) is 66.1 Å². The number of aromatic nitrogens is 2. The minimum absolute atomic E-state index is 0.0453. The molecular formula is C73H37F6N7. The SMILES string of the molecule is N#Cc1ccc(-c2ccc3c(c2)c2cc(-c4ccc(C#N)cc4)ccc2n3-c2ccc(-c3cc(C(F)(F)F)cc(C(F)(F)F)c3)cc2-c2ccc(C#N)cc2-n2c3ccc(-c4ccc(C#N)cc4)cc3c3cc(-c4ccc(C#N)cc4)ccc32)cc1. The number of hydrogen-bond acceptors (Lipinski definition) is 5. The lowest BCUT2D eigenvalue weighted by atomic mass is 9.93. The highest BCUT2D eigenvalue weighted by Gasteiger charge is 2.37. The second-order valence-electron chi connectivity index (χ2n) is 20.7. The fourth-order valence-electron chi connectivity index (χ4n) is 11.5. The van der Waals surface area contributed by atoms with Crippen molar-refractivity contribution in [2.75, 3.05) is 0 Å². The zero-order chi connectivity index (χ0) is 59.6. The number of nitriles is 5. The van der Waals surface area contributed by atoms with Crippen LogP contribution in [0.25, 0.3) is 122 Å². The molecule has 13 rings (SSSR count). The average Bonchev–Trinajstić information content (AvgIpc) is 2.11. The highest BCUT2D eigenvalue weighted by atomic mass is 19.4. The van der Waals surface area contributed by atoms with E-state index < -0.39 is 23.5 Å². The molecule has 2 aromatic heterocycles. The average molecular weight is 1130 g/mol. The van der Waals surface area contributed by atoms with Crippen molar-refractivity contribution in [1.82, 2.24) is 9.13 Å². The summed E-state index contributed by atoms with van der Waals surface area (Å²) in [4.78, 5) is 0. The molecule has 0 saturated carbocycles. The Hall–Kier alpha value is -12.0. The first-order chi connectivity index (χ1) is 41.6. The molecule has 0 radical (unpaired) electrons. The van der Waals surface area contributed by atoms with Crippen molar-refractivity contribution in [2.24, 2.45) is 0 Å². The molecule has 0 atom stereocenters. The predicted molar refractivity (Wildman–Crippen MR) is 321 cm³/mol. The van der Waals surface area contributed by atoms with Crippen molar-refractivity contribution >= 4 is 43.6 Å². The second kappa shape index (κ2) is 20.8. The van der Waals surface area contributed by atoms with E-state index in [4.69, 9.17) is 0 Å². The Kier molecular flexibility index (Phi) is 12.9. The standard InChI is InChI=1S/C73H37F6N7/c74-72(75,76)58-30-57(31-59(37-58)73(77,78)79)56-22-28-66(85-67-24-18-52(48-10-1-43(38-80)2-11-48)32-62(67)63-33-53(19-25-68(63)85)49-12-3-44(39-81)4-13-49)61(36-56)60-23-9-47(42-84)29-71(60)86-69-26-20-54(50-14-5-45(40-82)6-15-50)34-64(69)65-35-55(21-27-70(65)86)51-16-7-46(41-83)8-17-51/h1-37H. The Morgan fingerprint density at radius 2 is 0.535 bits per heavy atom. The molecule has 0 N–H and O–H groups in total. The minimum atomic E-state index is -5.13. The summed E-state index contributed by atoms with van der Waals surface area (Å²) in [6.07, 6.45) is -10.3. The zero-order valence-electron chi connectivity index (χ0n) is 44.8. The first-order valence-electron chi connectivity index (χ1n) is 26.8. The summed E-state index contributed by atoms with van der Waals surface area (Å²) in [6, 6.07) is 74.9. The van der Waals surface area contributed by atoms with Gasteiger partial charge >= 0.3 is 12.4 Å². The van der Waals surface area contributed by atoms with Gasteiger partial charge in [-0.1, -0.05) is 84.9 Å². The molecule has 0 fully saturated rings. The van der Waals surface area contributed by atoms with Gasteiger partial charge in [0.1, 0.15) is 0 Å². The third-order valence-corrected chi connectivity index (χ3v) is 15.7. The number of alkyl halides is 6. The van der Waals surface area contributed by atoms with E-state index in [2.05, 4.69) is 30.3 Å². The summed E-state index contributed by atoms with van der Waals surface area (Å²) in [7, 11) is 0. The maximum atomic E-state index is 14.7. The molecule has 11 aromatic carbocycles. The number of halogens is 6. The maximum Gasteiger partial charge on any atom is 0.416 e. The van der Waals surface area contributed by atoms with Gasteiger partial charge in [0.2, 0.25) is 0 Å². The summed E-state index contributed by atoms with van der Waals surface area (Å²) in [5, 5.41) is 52.4. The Bertz CT molecular complexity index is 4910. The number of benzene rings is 11. The molecule has 13 aromatic rings. The molecule has 0 aliphatic heterocycles. The van der Waals surface area contributed by atoms with E-state index in [-0.39, 0.29) is 22.8 Å². The van der Waals surface area contributed by atoms with Crippen LogP contribution < -0.4 is 0 Å². The van der Waals surface area contributed by atoms with Crippen LogP contribution in [0.15, 0.2) is 224 Å².